The molecule has 0 amide bonds. The predicted octanol–water partition coefficient (Wildman–Crippen LogP) is 1.29. The number of ether oxygens (including phenoxy) is 3. The van der Waals surface area contributed by atoms with Crippen molar-refractivity contribution < 1.29 is 14.2 Å². The Kier molecular flexibility index (Phi) is 2.30. The van der Waals surface area contributed by atoms with Crippen LogP contribution in [0.1, 0.15) is 20.1 Å². The fourth-order valence-electron chi connectivity index (χ4n) is 3.82. The van der Waals surface area contributed by atoms with Gasteiger partial charge in [0.15, 0.2) is 12.0 Å². The molecule has 5 rings (SSSR count). The van der Waals surface area contributed by atoms with Crippen molar-refractivity contribution in [2.75, 3.05) is 0 Å². The molecule has 22 heavy (non-hydrogen) atoms. The molecule has 5 heterocycles. The number of nitrogens with one attached hydrogen (secondary N) is 1. The zero-order valence-corrected chi connectivity index (χ0v) is 12.9. The second-order valence-electron chi connectivity index (χ2n) is 6.46. The largest absolute Gasteiger partial charge is 0.347 e. The van der Waals surface area contributed by atoms with Gasteiger partial charge in [-0.2, -0.15) is 0 Å². The number of hydrogen-bond acceptors (Lipinski definition) is 5. The maximum Gasteiger partial charge on any atom is 0.330 e. The van der Waals surface area contributed by atoms with Crippen LogP contribution in [0.15, 0.2) is 17.1 Å². The number of hydrogen-bond donors (Lipinski definition) is 1. The van der Waals surface area contributed by atoms with Crippen molar-refractivity contribution in [3.63, 3.8) is 0 Å². The average molecular weight is 321 g/mol. The second-order valence-corrected chi connectivity index (χ2v) is 6.87. The van der Waals surface area contributed by atoms with Crippen LogP contribution >= 0.6 is 12.2 Å². The van der Waals surface area contributed by atoms with Crippen LogP contribution in [0.5, 0.6) is 0 Å². The maximum atomic E-state index is 12.5. The average Bonchev–Trinajstić information content (AvgIpc) is 3.01. The third-order valence-electron chi connectivity index (χ3n) is 4.60. The van der Waals surface area contributed by atoms with E-state index in [1.165, 1.54) is 0 Å². The summed E-state index contributed by atoms with van der Waals surface area (Å²) in [6, 6.07) is 1.93. The molecule has 2 fully saturated rings. The van der Waals surface area contributed by atoms with Gasteiger partial charge in [0.05, 0.1) is 11.9 Å². The number of fused-ring (bicyclic) bond motifs is 6. The molecule has 3 aliphatic heterocycles. The molecule has 116 valence electrons. The Labute approximate surface area is 130 Å². The van der Waals surface area contributed by atoms with Crippen LogP contribution in [-0.2, 0) is 20.8 Å². The monoisotopic (exact) mass is 321 g/mol. The maximum absolute atomic E-state index is 12.5. The van der Waals surface area contributed by atoms with E-state index >= 15 is 0 Å². The first-order valence-electron chi connectivity index (χ1n) is 7.29. The van der Waals surface area contributed by atoms with Crippen LogP contribution in [0.4, 0.5) is 0 Å². The van der Waals surface area contributed by atoms with Crippen molar-refractivity contribution in [1.82, 2.24) is 14.1 Å². The smallest absolute Gasteiger partial charge is 0.330 e. The Hall–Kier alpha value is -1.48. The minimum atomic E-state index is -0.668. The van der Waals surface area contributed by atoms with Crippen molar-refractivity contribution in [2.45, 2.75) is 50.7 Å². The fourth-order valence-corrected chi connectivity index (χ4v) is 4.07. The molecular weight excluding hydrogens is 306 g/mol. The van der Waals surface area contributed by atoms with Gasteiger partial charge in [0.2, 0.25) is 0 Å². The van der Waals surface area contributed by atoms with E-state index in [1.54, 1.807) is 4.57 Å². The third-order valence-corrected chi connectivity index (χ3v) is 4.92. The van der Waals surface area contributed by atoms with Gasteiger partial charge in [0.25, 0.3) is 0 Å². The highest BCUT2D eigenvalue weighted by atomic mass is 32.1. The summed E-state index contributed by atoms with van der Waals surface area (Å²) in [4.78, 5) is 15.2. The molecule has 3 aliphatic rings. The molecule has 1 N–H and O–H groups in total. The summed E-state index contributed by atoms with van der Waals surface area (Å²) in [5.41, 5.74) is 0.505. The van der Waals surface area contributed by atoms with Gasteiger partial charge in [-0.15, -0.1) is 0 Å². The lowest BCUT2D eigenvalue weighted by Gasteiger charge is -2.23. The number of rotatable bonds is 0. The first-order valence-corrected chi connectivity index (χ1v) is 7.70. The quantitative estimate of drug-likeness (QED) is 0.741. The van der Waals surface area contributed by atoms with Gasteiger partial charge in [0.1, 0.15) is 28.6 Å². The van der Waals surface area contributed by atoms with E-state index in [0.717, 1.165) is 11.0 Å². The Morgan fingerprint density at radius 2 is 2.14 bits per heavy atom. The Morgan fingerprint density at radius 3 is 2.95 bits per heavy atom. The molecule has 2 aromatic heterocycles. The SMILES string of the molecule is CC1(C)OC2C3Cn4ccc5c(=S)[nH]c(=O)n(c54)C(O3)C2O1. The summed E-state index contributed by atoms with van der Waals surface area (Å²) in [6.07, 6.45) is 0.800. The Morgan fingerprint density at radius 1 is 1.36 bits per heavy atom. The van der Waals surface area contributed by atoms with Crippen LogP contribution < -0.4 is 5.69 Å². The number of aromatic amines is 1. The zero-order valence-electron chi connectivity index (χ0n) is 12.1. The summed E-state index contributed by atoms with van der Waals surface area (Å²) in [5, 5.41) is 0.848. The summed E-state index contributed by atoms with van der Waals surface area (Å²) in [6.45, 7) is 4.38. The van der Waals surface area contributed by atoms with Crippen molar-refractivity contribution in [1.29, 1.82) is 0 Å². The highest BCUT2D eigenvalue weighted by molar-refractivity contribution is 7.71. The summed E-state index contributed by atoms with van der Waals surface area (Å²) >= 11 is 5.27. The summed E-state index contributed by atoms with van der Waals surface area (Å²) < 4.78 is 22.1. The molecule has 0 spiro atoms. The molecule has 4 unspecified atom stereocenters. The minimum Gasteiger partial charge on any atom is -0.347 e. The molecular formula is C14H15N3O4S. The predicted molar refractivity (Wildman–Crippen MR) is 79.1 cm³/mol. The van der Waals surface area contributed by atoms with Gasteiger partial charge in [0, 0.05) is 6.20 Å². The topological polar surface area (TPSA) is 70.4 Å². The van der Waals surface area contributed by atoms with Crippen molar-refractivity contribution in [3.8, 4) is 0 Å². The molecule has 7 nitrogen and oxygen atoms in total. The van der Waals surface area contributed by atoms with Gasteiger partial charge in [-0.1, -0.05) is 12.2 Å². The number of H-pyrrole nitrogens is 1. The van der Waals surface area contributed by atoms with Crippen molar-refractivity contribution in [3.05, 3.63) is 27.4 Å². The molecule has 2 aromatic rings. The van der Waals surface area contributed by atoms with Gasteiger partial charge < -0.3 is 18.8 Å². The van der Waals surface area contributed by atoms with E-state index in [1.807, 2.05) is 30.7 Å². The highest BCUT2D eigenvalue weighted by Gasteiger charge is 2.57. The molecule has 2 bridgehead atoms. The molecule has 0 aliphatic carbocycles. The van der Waals surface area contributed by atoms with Gasteiger partial charge in [-0.3, -0.25) is 4.98 Å². The summed E-state index contributed by atoms with van der Waals surface area (Å²) in [5.74, 6) is -0.668. The third kappa shape index (κ3) is 1.50. The lowest BCUT2D eigenvalue weighted by molar-refractivity contribution is -0.196. The van der Waals surface area contributed by atoms with Gasteiger partial charge in [-0.05, 0) is 19.9 Å². The molecule has 0 aromatic carbocycles. The minimum absolute atomic E-state index is 0.153. The lowest BCUT2D eigenvalue weighted by Crippen LogP contribution is -2.37. The Bertz CT molecular complexity index is 911. The molecule has 0 saturated carbocycles. The second kappa shape index (κ2) is 3.88. The van der Waals surface area contributed by atoms with Crippen molar-refractivity contribution >= 4 is 23.3 Å². The first kappa shape index (κ1) is 13.0. The van der Waals surface area contributed by atoms with E-state index in [-0.39, 0.29) is 24.0 Å². The van der Waals surface area contributed by atoms with Crippen LogP contribution in [0.3, 0.4) is 0 Å². The number of nitrogens with zero attached hydrogens (tertiary/aromatic N) is 2. The molecule has 0 radical (unpaired) electrons. The van der Waals surface area contributed by atoms with Crippen LogP contribution in [0, 0.1) is 4.64 Å². The van der Waals surface area contributed by atoms with Crippen molar-refractivity contribution in [2.24, 2.45) is 0 Å². The zero-order chi connectivity index (χ0) is 15.2. The lowest BCUT2D eigenvalue weighted by atomic mass is 10.1. The Balaban J connectivity index is 1.80. The van der Waals surface area contributed by atoms with Crippen LogP contribution in [0.25, 0.3) is 11.0 Å². The van der Waals surface area contributed by atoms with Crippen LogP contribution in [0.2, 0.25) is 0 Å². The number of aromatic nitrogens is 3. The van der Waals surface area contributed by atoms with E-state index in [0.29, 0.717) is 11.2 Å². The summed E-state index contributed by atoms with van der Waals surface area (Å²) in [7, 11) is 0. The highest BCUT2D eigenvalue weighted by Crippen LogP contribution is 2.45. The van der Waals surface area contributed by atoms with E-state index in [2.05, 4.69) is 4.98 Å². The molecule has 4 atom stereocenters. The normalized spacial score (nSPS) is 34.8. The molecule has 2 saturated heterocycles. The van der Waals surface area contributed by atoms with E-state index in [4.69, 9.17) is 26.4 Å². The van der Waals surface area contributed by atoms with Gasteiger partial charge >= 0.3 is 5.69 Å². The fraction of sp³-hybridized carbons (Fsp3) is 0.571. The first-order chi connectivity index (χ1) is 10.4. The van der Waals surface area contributed by atoms with E-state index < -0.39 is 12.0 Å². The van der Waals surface area contributed by atoms with Crippen LogP contribution in [-0.4, -0.2) is 38.2 Å². The standard InChI is InChI=1S/C14H15N3O4S/c1-14(2)20-8-7-5-16-4-3-6-10(22)15-13(18)17(11(6)16)12(19-7)9(8)21-14/h3-4,7-9,12H,5H2,1-2H3,(H,15,18,22). The molecule has 8 heteroatoms. The van der Waals surface area contributed by atoms with E-state index in [9.17, 15) is 4.79 Å². The van der Waals surface area contributed by atoms with Gasteiger partial charge in [-0.25, -0.2) is 9.36 Å².